The number of carboxylic acid groups (broad SMARTS) is 1. The molecule has 70 valence electrons. The van der Waals surface area contributed by atoms with Crippen LogP contribution in [0.2, 0.25) is 0 Å². The third-order valence-corrected chi connectivity index (χ3v) is 2.11. The molecule has 6 heteroatoms. The van der Waals surface area contributed by atoms with E-state index in [-0.39, 0.29) is 5.71 Å². The number of aryl methyl sites for hydroxylation is 1. The van der Waals surface area contributed by atoms with Crippen LogP contribution in [-0.4, -0.2) is 21.8 Å². The van der Waals surface area contributed by atoms with Crippen molar-refractivity contribution in [2.24, 2.45) is 5.10 Å². The highest BCUT2D eigenvalue weighted by Crippen LogP contribution is 2.13. The van der Waals surface area contributed by atoms with Crippen LogP contribution in [0.15, 0.2) is 10.5 Å². The number of nitrogens with zero attached hydrogens (tertiary/aromatic N) is 2. The fourth-order valence-electron chi connectivity index (χ4n) is 0.585. The molecule has 0 amide bonds. The fraction of sp³-hybridized carbons (Fsp3) is 0.286. The predicted octanol–water partition coefficient (Wildman–Crippen LogP) is 1.32. The van der Waals surface area contributed by atoms with Crippen molar-refractivity contribution in [3.63, 3.8) is 0 Å². The Hall–Kier alpha value is -1.43. The minimum Gasteiger partial charge on any atom is -0.477 e. The molecule has 0 aliphatic rings. The van der Waals surface area contributed by atoms with Gasteiger partial charge in [-0.05, 0) is 13.8 Å². The Morgan fingerprint density at radius 3 is 2.92 bits per heavy atom. The zero-order valence-corrected chi connectivity index (χ0v) is 8.05. The molecule has 0 aromatic carbocycles. The van der Waals surface area contributed by atoms with Gasteiger partial charge in [-0.25, -0.2) is 9.78 Å². The predicted molar refractivity (Wildman–Crippen MR) is 51.2 cm³/mol. The van der Waals surface area contributed by atoms with Crippen LogP contribution < -0.4 is 5.43 Å². The van der Waals surface area contributed by atoms with Gasteiger partial charge in [-0.3, -0.25) is 5.43 Å². The second-order valence-electron chi connectivity index (χ2n) is 2.41. The van der Waals surface area contributed by atoms with Gasteiger partial charge < -0.3 is 5.11 Å². The number of carbonyl (C=O) groups is 1. The first kappa shape index (κ1) is 9.66. The Bertz CT molecular complexity index is 345. The van der Waals surface area contributed by atoms with Crippen LogP contribution in [0, 0.1) is 6.92 Å². The Morgan fingerprint density at radius 1 is 1.77 bits per heavy atom. The molecule has 0 fully saturated rings. The molecule has 0 unspecified atom stereocenters. The van der Waals surface area contributed by atoms with Gasteiger partial charge in [0.05, 0.1) is 5.69 Å². The van der Waals surface area contributed by atoms with Gasteiger partial charge in [0.25, 0.3) is 0 Å². The van der Waals surface area contributed by atoms with Crippen molar-refractivity contribution in [1.29, 1.82) is 0 Å². The Morgan fingerprint density at radius 2 is 2.46 bits per heavy atom. The smallest absolute Gasteiger partial charge is 0.351 e. The maximum absolute atomic E-state index is 10.3. The lowest BCUT2D eigenvalue weighted by Crippen LogP contribution is -2.10. The van der Waals surface area contributed by atoms with E-state index in [1.165, 1.54) is 18.3 Å². The van der Waals surface area contributed by atoms with Crippen molar-refractivity contribution in [1.82, 2.24) is 4.98 Å². The maximum atomic E-state index is 10.3. The Labute approximate surface area is 79.1 Å². The largest absolute Gasteiger partial charge is 0.477 e. The zero-order valence-electron chi connectivity index (χ0n) is 7.24. The first-order chi connectivity index (χ1) is 6.09. The van der Waals surface area contributed by atoms with Crippen molar-refractivity contribution < 1.29 is 9.90 Å². The average Bonchev–Trinajstić information content (AvgIpc) is 2.47. The van der Waals surface area contributed by atoms with Crippen molar-refractivity contribution in [2.75, 3.05) is 5.43 Å². The van der Waals surface area contributed by atoms with Gasteiger partial charge in [-0.1, -0.05) is 0 Å². The SMILES string of the molecule is C/C(=N\Nc1nc(C)cs1)C(=O)O. The summed E-state index contributed by atoms with van der Waals surface area (Å²) >= 11 is 1.38. The first-order valence-corrected chi connectivity index (χ1v) is 4.43. The van der Waals surface area contributed by atoms with Gasteiger partial charge >= 0.3 is 5.97 Å². The van der Waals surface area contributed by atoms with E-state index in [4.69, 9.17) is 5.11 Å². The molecule has 0 radical (unpaired) electrons. The third kappa shape index (κ3) is 2.83. The number of hydrazone groups is 1. The fourth-order valence-corrected chi connectivity index (χ4v) is 1.21. The van der Waals surface area contributed by atoms with Crippen LogP contribution in [-0.2, 0) is 4.79 Å². The molecule has 1 heterocycles. The molecule has 0 saturated heterocycles. The summed E-state index contributed by atoms with van der Waals surface area (Å²) < 4.78 is 0. The topological polar surface area (TPSA) is 74.6 Å². The molecule has 0 aliphatic heterocycles. The molecule has 1 aromatic rings. The number of anilines is 1. The molecule has 0 aliphatic carbocycles. The number of nitrogens with one attached hydrogen (secondary N) is 1. The Balaban J connectivity index is 2.61. The second kappa shape index (κ2) is 3.99. The van der Waals surface area contributed by atoms with E-state index in [0.29, 0.717) is 5.13 Å². The van der Waals surface area contributed by atoms with Gasteiger partial charge in [0, 0.05) is 5.38 Å². The average molecular weight is 199 g/mol. The minimum absolute atomic E-state index is 0.00727. The second-order valence-corrected chi connectivity index (χ2v) is 3.27. The van der Waals surface area contributed by atoms with Crippen LogP contribution in [0.1, 0.15) is 12.6 Å². The number of carboxylic acids is 1. The quantitative estimate of drug-likeness (QED) is 0.568. The van der Waals surface area contributed by atoms with Crippen molar-refractivity contribution >= 4 is 28.1 Å². The van der Waals surface area contributed by atoms with Gasteiger partial charge in [0.15, 0.2) is 0 Å². The summed E-state index contributed by atoms with van der Waals surface area (Å²) in [7, 11) is 0. The van der Waals surface area contributed by atoms with E-state index in [1.54, 1.807) is 0 Å². The summed E-state index contributed by atoms with van der Waals surface area (Å²) in [5.41, 5.74) is 3.45. The number of thiazole rings is 1. The van der Waals surface area contributed by atoms with Crippen LogP contribution in [0.5, 0.6) is 0 Å². The summed E-state index contributed by atoms with van der Waals surface area (Å²) in [5, 5.41) is 14.6. The van der Waals surface area contributed by atoms with E-state index in [1.807, 2.05) is 12.3 Å². The van der Waals surface area contributed by atoms with E-state index < -0.39 is 5.97 Å². The summed E-state index contributed by atoms with van der Waals surface area (Å²) in [4.78, 5) is 14.4. The minimum atomic E-state index is -1.04. The number of aromatic nitrogens is 1. The van der Waals surface area contributed by atoms with Crippen molar-refractivity contribution in [2.45, 2.75) is 13.8 Å². The van der Waals surface area contributed by atoms with Crippen LogP contribution in [0.3, 0.4) is 0 Å². The highest BCUT2D eigenvalue weighted by Gasteiger charge is 2.01. The monoisotopic (exact) mass is 199 g/mol. The summed E-state index contributed by atoms with van der Waals surface area (Å²) in [6.45, 7) is 3.27. The lowest BCUT2D eigenvalue weighted by atomic mass is 10.4. The van der Waals surface area contributed by atoms with Crippen LogP contribution in [0.25, 0.3) is 0 Å². The molecule has 13 heavy (non-hydrogen) atoms. The molecular formula is C7H9N3O2S. The van der Waals surface area contributed by atoms with E-state index in [9.17, 15) is 4.79 Å². The number of rotatable bonds is 3. The summed E-state index contributed by atoms with van der Waals surface area (Å²) in [5.74, 6) is -1.04. The molecule has 5 nitrogen and oxygen atoms in total. The van der Waals surface area contributed by atoms with Crippen molar-refractivity contribution in [3.05, 3.63) is 11.1 Å². The summed E-state index contributed by atoms with van der Waals surface area (Å²) in [6.07, 6.45) is 0. The highest BCUT2D eigenvalue weighted by molar-refractivity contribution is 7.13. The lowest BCUT2D eigenvalue weighted by Gasteiger charge is -1.94. The molecule has 0 bridgehead atoms. The van der Waals surface area contributed by atoms with Gasteiger partial charge in [-0.2, -0.15) is 5.10 Å². The van der Waals surface area contributed by atoms with Crippen LogP contribution in [0.4, 0.5) is 5.13 Å². The first-order valence-electron chi connectivity index (χ1n) is 3.55. The molecule has 1 rings (SSSR count). The maximum Gasteiger partial charge on any atom is 0.351 e. The van der Waals surface area contributed by atoms with Gasteiger partial charge in [0.2, 0.25) is 5.13 Å². The van der Waals surface area contributed by atoms with Crippen molar-refractivity contribution in [3.8, 4) is 0 Å². The number of hydrogen-bond acceptors (Lipinski definition) is 5. The molecule has 2 N–H and O–H groups in total. The summed E-state index contributed by atoms with van der Waals surface area (Å²) in [6, 6.07) is 0. The number of hydrogen-bond donors (Lipinski definition) is 2. The molecule has 0 spiro atoms. The van der Waals surface area contributed by atoms with E-state index in [2.05, 4.69) is 15.5 Å². The highest BCUT2D eigenvalue weighted by atomic mass is 32.1. The molecule has 0 atom stereocenters. The van der Waals surface area contributed by atoms with Gasteiger partial charge in [-0.15, -0.1) is 11.3 Å². The van der Waals surface area contributed by atoms with Crippen LogP contribution >= 0.6 is 11.3 Å². The third-order valence-electron chi connectivity index (χ3n) is 1.25. The lowest BCUT2D eigenvalue weighted by molar-refractivity contribution is -0.129. The normalized spacial score (nSPS) is 11.4. The number of aliphatic carboxylic acids is 1. The van der Waals surface area contributed by atoms with Gasteiger partial charge in [0.1, 0.15) is 5.71 Å². The Kier molecular flexibility index (Phi) is 2.97. The zero-order chi connectivity index (χ0) is 9.84. The molecule has 0 saturated carbocycles. The van der Waals surface area contributed by atoms with E-state index >= 15 is 0 Å². The standard InChI is InChI=1S/C7H9N3O2S/c1-4-3-13-7(8-4)10-9-5(2)6(11)12/h3H,1-2H3,(H,8,10)(H,11,12)/b9-5+. The molecular weight excluding hydrogens is 190 g/mol. The van der Waals surface area contributed by atoms with E-state index in [0.717, 1.165) is 5.69 Å². The molecule has 1 aromatic heterocycles.